The summed E-state index contributed by atoms with van der Waals surface area (Å²) in [5.41, 5.74) is 2.73. The predicted molar refractivity (Wildman–Crippen MR) is 78.4 cm³/mol. The van der Waals surface area contributed by atoms with Crippen molar-refractivity contribution in [3.8, 4) is 16.9 Å². The first kappa shape index (κ1) is 13.9. The van der Waals surface area contributed by atoms with Gasteiger partial charge in [0.25, 0.3) is 0 Å². The van der Waals surface area contributed by atoms with E-state index in [0.717, 1.165) is 12.2 Å². The van der Waals surface area contributed by atoms with Gasteiger partial charge in [0.15, 0.2) is 5.78 Å². The molecule has 3 aliphatic carbocycles. The molecule has 0 amide bonds. The SMILES string of the molecule is C=CC(=O)CCC.c1cc(OC2CCCC2)c2cc1-2. The minimum atomic E-state index is 0.141. The van der Waals surface area contributed by atoms with Crippen molar-refractivity contribution in [2.45, 2.75) is 51.6 Å². The second-order valence-electron chi connectivity index (χ2n) is 5.16. The smallest absolute Gasteiger partial charge is 0.155 e. The number of benzene rings is 1. The first-order chi connectivity index (χ1) is 9.24. The zero-order valence-corrected chi connectivity index (χ0v) is 11.7. The van der Waals surface area contributed by atoms with Crippen molar-refractivity contribution in [2.24, 2.45) is 0 Å². The van der Waals surface area contributed by atoms with E-state index in [2.05, 4.69) is 24.8 Å². The van der Waals surface area contributed by atoms with Gasteiger partial charge in [0, 0.05) is 12.0 Å². The van der Waals surface area contributed by atoms with Gasteiger partial charge >= 0.3 is 0 Å². The number of carbonyl (C=O) groups is 1. The number of ether oxygens (including phenoxy) is 1. The fourth-order valence-corrected chi connectivity index (χ4v) is 2.36. The predicted octanol–water partition coefficient (Wildman–Crippen LogP) is 4.53. The second kappa shape index (κ2) is 6.55. The summed E-state index contributed by atoms with van der Waals surface area (Å²) in [6, 6.07) is 6.42. The summed E-state index contributed by atoms with van der Waals surface area (Å²) >= 11 is 0. The monoisotopic (exact) mass is 258 g/mol. The van der Waals surface area contributed by atoms with Crippen molar-refractivity contribution in [3.63, 3.8) is 0 Å². The molecule has 3 aliphatic rings. The molecular weight excluding hydrogens is 236 g/mol. The number of ketones is 1. The molecule has 0 bridgehead atoms. The molecule has 0 N–H and O–H groups in total. The van der Waals surface area contributed by atoms with Crippen LogP contribution in [0.4, 0.5) is 0 Å². The minimum Gasteiger partial charge on any atom is -0.490 e. The Balaban J connectivity index is 0.000000167. The summed E-state index contributed by atoms with van der Waals surface area (Å²) in [4.78, 5) is 10.3. The van der Waals surface area contributed by atoms with E-state index >= 15 is 0 Å². The van der Waals surface area contributed by atoms with Gasteiger partial charge in [-0.15, -0.1) is 0 Å². The van der Waals surface area contributed by atoms with Crippen LogP contribution in [0.25, 0.3) is 11.1 Å². The molecule has 0 aromatic rings. The van der Waals surface area contributed by atoms with Gasteiger partial charge in [0.2, 0.25) is 0 Å². The molecule has 0 atom stereocenters. The highest BCUT2D eigenvalue weighted by Gasteiger charge is 2.23. The van der Waals surface area contributed by atoms with Crippen LogP contribution in [0.3, 0.4) is 0 Å². The van der Waals surface area contributed by atoms with E-state index in [4.69, 9.17) is 4.74 Å². The molecule has 1 saturated carbocycles. The van der Waals surface area contributed by atoms with Gasteiger partial charge in [0.05, 0.1) is 6.10 Å². The van der Waals surface area contributed by atoms with E-state index in [9.17, 15) is 4.79 Å². The molecule has 102 valence electrons. The molecule has 19 heavy (non-hydrogen) atoms. The van der Waals surface area contributed by atoms with Crippen LogP contribution in [0.1, 0.15) is 45.4 Å². The number of fused-ring (bicyclic) bond motifs is 1. The fraction of sp³-hybridized carbons (Fsp3) is 0.471. The lowest BCUT2D eigenvalue weighted by molar-refractivity contribution is -0.114. The molecule has 3 rings (SSSR count). The maximum absolute atomic E-state index is 10.3. The van der Waals surface area contributed by atoms with Gasteiger partial charge in [0.1, 0.15) is 5.75 Å². The molecule has 0 radical (unpaired) electrons. The molecule has 0 aromatic carbocycles. The van der Waals surface area contributed by atoms with Crippen molar-refractivity contribution < 1.29 is 9.53 Å². The van der Waals surface area contributed by atoms with E-state index in [0.29, 0.717) is 12.5 Å². The van der Waals surface area contributed by atoms with Gasteiger partial charge < -0.3 is 4.74 Å². The summed E-state index contributed by atoms with van der Waals surface area (Å²) in [7, 11) is 0. The van der Waals surface area contributed by atoms with Crippen LogP contribution < -0.4 is 4.74 Å². The van der Waals surface area contributed by atoms with E-state index in [1.165, 1.54) is 42.9 Å². The molecule has 0 unspecified atom stereocenters. The van der Waals surface area contributed by atoms with Crippen LogP contribution in [0, 0.1) is 0 Å². The lowest BCUT2D eigenvalue weighted by Crippen LogP contribution is -2.10. The summed E-state index contributed by atoms with van der Waals surface area (Å²) in [6.45, 7) is 5.30. The Kier molecular flexibility index (Phi) is 4.78. The van der Waals surface area contributed by atoms with Crippen LogP contribution in [-0.2, 0) is 4.79 Å². The Morgan fingerprint density at radius 1 is 1.42 bits per heavy atom. The first-order valence-corrected chi connectivity index (χ1v) is 7.21. The van der Waals surface area contributed by atoms with Crippen LogP contribution in [-0.4, -0.2) is 11.9 Å². The Morgan fingerprint density at radius 2 is 2.16 bits per heavy atom. The number of hydrogen-bond acceptors (Lipinski definition) is 2. The lowest BCUT2D eigenvalue weighted by Gasteiger charge is -2.11. The van der Waals surface area contributed by atoms with Crippen molar-refractivity contribution >= 4 is 5.78 Å². The third-order valence-electron chi connectivity index (χ3n) is 3.53. The Labute approximate surface area is 115 Å². The van der Waals surface area contributed by atoms with Crippen LogP contribution in [0.15, 0.2) is 30.9 Å². The Hall–Kier alpha value is -1.57. The summed E-state index contributed by atoms with van der Waals surface area (Å²) in [5, 5.41) is 0. The van der Waals surface area contributed by atoms with Crippen LogP contribution >= 0.6 is 0 Å². The molecule has 2 nitrogen and oxygen atoms in total. The number of carbonyl (C=O) groups excluding carboxylic acids is 1. The highest BCUT2D eigenvalue weighted by atomic mass is 16.5. The van der Waals surface area contributed by atoms with Gasteiger partial charge in [-0.05, 0) is 55.9 Å². The molecule has 0 aliphatic heterocycles. The van der Waals surface area contributed by atoms with Crippen molar-refractivity contribution in [2.75, 3.05) is 0 Å². The lowest BCUT2D eigenvalue weighted by atomic mass is 10.2. The average Bonchev–Trinajstić information content (AvgIpc) is 2.84. The van der Waals surface area contributed by atoms with Crippen molar-refractivity contribution in [1.82, 2.24) is 0 Å². The standard InChI is InChI=1S/C11H12O.C6H10O/c1-2-4-9(3-1)12-11-6-5-8-7-10(8)11;1-3-5-6(7)4-2/h5-7,9H,1-4H2;4H,2-3,5H2,1H3. The fourth-order valence-electron chi connectivity index (χ4n) is 2.36. The third kappa shape index (κ3) is 3.95. The molecule has 0 spiro atoms. The van der Waals surface area contributed by atoms with E-state index in [1.807, 2.05) is 6.92 Å². The van der Waals surface area contributed by atoms with Crippen molar-refractivity contribution in [1.29, 1.82) is 0 Å². The molecule has 0 saturated heterocycles. The molecule has 2 heteroatoms. The normalized spacial score (nSPS) is 15.4. The summed E-state index contributed by atoms with van der Waals surface area (Å²) in [5.74, 6) is 1.26. The van der Waals surface area contributed by atoms with Crippen molar-refractivity contribution in [3.05, 3.63) is 30.9 Å². The molecule has 0 heterocycles. The summed E-state index contributed by atoms with van der Waals surface area (Å²) in [6.07, 6.45) is 8.62. The van der Waals surface area contributed by atoms with Crippen LogP contribution in [0.2, 0.25) is 0 Å². The van der Waals surface area contributed by atoms with Gasteiger partial charge in [-0.3, -0.25) is 4.79 Å². The van der Waals surface area contributed by atoms with E-state index in [1.54, 1.807) is 0 Å². The molecule has 0 aromatic heterocycles. The second-order valence-corrected chi connectivity index (χ2v) is 5.16. The maximum Gasteiger partial charge on any atom is 0.155 e. The van der Waals surface area contributed by atoms with Gasteiger partial charge in [-0.25, -0.2) is 0 Å². The first-order valence-electron chi connectivity index (χ1n) is 7.21. The third-order valence-corrected chi connectivity index (χ3v) is 3.53. The zero-order valence-electron chi connectivity index (χ0n) is 11.7. The largest absolute Gasteiger partial charge is 0.490 e. The topological polar surface area (TPSA) is 26.3 Å². The van der Waals surface area contributed by atoms with Gasteiger partial charge in [-0.2, -0.15) is 0 Å². The highest BCUT2D eigenvalue weighted by molar-refractivity contribution is 5.88. The number of rotatable bonds is 5. The molecule has 1 fully saturated rings. The Morgan fingerprint density at radius 3 is 2.58 bits per heavy atom. The highest BCUT2D eigenvalue weighted by Crippen LogP contribution is 2.44. The quantitative estimate of drug-likeness (QED) is 0.736. The van der Waals surface area contributed by atoms with E-state index in [-0.39, 0.29) is 5.78 Å². The van der Waals surface area contributed by atoms with E-state index < -0.39 is 0 Å². The number of allylic oxidation sites excluding steroid dienone is 1. The van der Waals surface area contributed by atoms with Gasteiger partial charge in [-0.1, -0.05) is 19.6 Å². The number of hydrogen-bond donors (Lipinski definition) is 0. The molecular formula is C17H22O2. The zero-order chi connectivity index (χ0) is 13.7. The minimum absolute atomic E-state index is 0.141. The average molecular weight is 258 g/mol. The maximum atomic E-state index is 10.3. The Bertz CT molecular complexity index is 456. The van der Waals surface area contributed by atoms with Crippen LogP contribution in [0.5, 0.6) is 5.75 Å². The summed E-state index contributed by atoms with van der Waals surface area (Å²) < 4.78 is 5.87.